The number of pyridine rings is 1. The monoisotopic (exact) mass is 414 g/mol. The first kappa shape index (κ1) is 20.4. The van der Waals surface area contributed by atoms with Gasteiger partial charge in [-0.25, -0.2) is 9.78 Å². The second kappa shape index (κ2) is 8.79. The van der Waals surface area contributed by atoms with E-state index in [1.54, 1.807) is 48.5 Å². The van der Waals surface area contributed by atoms with E-state index >= 15 is 0 Å². The van der Waals surface area contributed by atoms with Crippen LogP contribution < -0.4 is 14.8 Å². The zero-order chi connectivity index (χ0) is 21.0. The van der Waals surface area contributed by atoms with Crippen LogP contribution in [0.5, 0.6) is 11.5 Å². The number of anilines is 1. The van der Waals surface area contributed by atoms with Crippen molar-refractivity contribution < 1.29 is 23.8 Å². The molecule has 29 heavy (non-hydrogen) atoms. The first-order valence-corrected chi connectivity index (χ1v) is 9.09. The number of esters is 1. The average molecular weight is 415 g/mol. The first-order valence-electron chi connectivity index (χ1n) is 8.71. The van der Waals surface area contributed by atoms with Gasteiger partial charge in [-0.3, -0.25) is 4.79 Å². The van der Waals surface area contributed by atoms with Crippen LogP contribution >= 0.6 is 11.6 Å². The van der Waals surface area contributed by atoms with Gasteiger partial charge < -0.3 is 19.5 Å². The molecule has 3 aromatic rings. The fourth-order valence-corrected chi connectivity index (χ4v) is 2.82. The van der Waals surface area contributed by atoms with Crippen molar-refractivity contribution in [3.05, 3.63) is 59.2 Å². The maximum absolute atomic E-state index is 12.4. The van der Waals surface area contributed by atoms with E-state index in [2.05, 4.69) is 10.3 Å². The van der Waals surface area contributed by atoms with E-state index in [-0.39, 0.29) is 0 Å². The van der Waals surface area contributed by atoms with Gasteiger partial charge in [0.15, 0.2) is 17.6 Å². The van der Waals surface area contributed by atoms with Crippen LogP contribution in [-0.4, -0.2) is 37.2 Å². The molecule has 0 saturated heterocycles. The molecule has 0 aliphatic rings. The van der Waals surface area contributed by atoms with E-state index < -0.39 is 18.0 Å². The molecule has 1 aromatic heterocycles. The Bertz CT molecular complexity index is 1070. The van der Waals surface area contributed by atoms with Gasteiger partial charge >= 0.3 is 5.97 Å². The lowest BCUT2D eigenvalue weighted by Crippen LogP contribution is -2.30. The van der Waals surface area contributed by atoms with Crippen LogP contribution in [0.2, 0.25) is 5.15 Å². The van der Waals surface area contributed by atoms with Gasteiger partial charge in [-0.2, -0.15) is 0 Å². The van der Waals surface area contributed by atoms with Gasteiger partial charge in [-0.1, -0.05) is 11.6 Å². The molecular formula is C21H19ClN2O5. The summed E-state index contributed by atoms with van der Waals surface area (Å²) in [4.78, 5) is 29.0. The summed E-state index contributed by atoms with van der Waals surface area (Å²) in [6, 6.07) is 13.2. The summed E-state index contributed by atoms with van der Waals surface area (Å²) in [5, 5.41) is 3.79. The number of carbonyl (C=O) groups excluding carboxylic acids is 2. The molecular weight excluding hydrogens is 396 g/mol. The quantitative estimate of drug-likeness (QED) is 0.483. The number of methoxy groups -OCH3 is 2. The van der Waals surface area contributed by atoms with E-state index in [9.17, 15) is 9.59 Å². The molecule has 3 rings (SSSR count). The van der Waals surface area contributed by atoms with Gasteiger partial charge in [0.25, 0.3) is 5.91 Å². The summed E-state index contributed by atoms with van der Waals surface area (Å²) >= 11 is 5.87. The Labute approximate surface area is 172 Å². The predicted molar refractivity (Wildman–Crippen MR) is 110 cm³/mol. The molecule has 150 valence electrons. The molecule has 0 aliphatic carbocycles. The van der Waals surface area contributed by atoms with Gasteiger partial charge in [0.05, 0.1) is 25.3 Å². The van der Waals surface area contributed by atoms with Crippen molar-refractivity contribution >= 4 is 40.1 Å². The lowest BCUT2D eigenvalue weighted by molar-refractivity contribution is -0.123. The molecule has 2 aromatic carbocycles. The number of hydrogen-bond acceptors (Lipinski definition) is 6. The molecule has 1 N–H and O–H groups in total. The minimum Gasteiger partial charge on any atom is -0.493 e. The van der Waals surface area contributed by atoms with Crippen LogP contribution in [0.1, 0.15) is 17.3 Å². The molecule has 1 atom stereocenters. The Morgan fingerprint density at radius 3 is 2.48 bits per heavy atom. The zero-order valence-corrected chi connectivity index (χ0v) is 16.8. The summed E-state index contributed by atoms with van der Waals surface area (Å²) in [7, 11) is 3.02. The molecule has 1 unspecified atom stereocenters. The first-order chi connectivity index (χ1) is 13.9. The highest BCUT2D eigenvalue weighted by Crippen LogP contribution is 2.29. The van der Waals surface area contributed by atoms with E-state index in [1.807, 2.05) is 0 Å². The third kappa shape index (κ3) is 4.75. The maximum atomic E-state index is 12.4. The molecule has 7 nitrogen and oxygen atoms in total. The number of hydrogen-bond donors (Lipinski definition) is 1. The third-order valence-corrected chi connectivity index (χ3v) is 4.41. The van der Waals surface area contributed by atoms with Crippen LogP contribution in [-0.2, 0) is 9.53 Å². The smallest absolute Gasteiger partial charge is 0.338 e. The third-order valence-electron chi connectivity index (χ3n) is 4.20. The molecule has 0 aliphatic heterocycles. The summed E-state index contributed by atoms with van der Waals surface area (Å²) < 4.78 is 15.7. The van der Waals surface area contributed by atoms with Crippen molar-refractivity contribution in [2.24, 2.45) is 0 Å². The Morgan fingerprint density at radius 1 is 1.00 bits per heavy atom. The molecule has 0 bridgehead atoms. The van der Waals surface area contributed by atoms with Crippen LogP contribution in [0.3, 0.4) is 0 Å². The van der Waals surface area contributed by atoms with E-state index in [0.717, 1.165) is 5.39 Å². The number of rotatable bonds is 6. The van der Waals surface area contributed by atoms with Crippen LogP contribution in [0.25, 0.3) is 10.9 Å². The van der Waals surface area contributed by atoms with Crippen molar-refractivity contribution in [3.63, 3.8) is 0 Å². The van der Waals surface area contributed by atoms with Crippen molar-refractivity contribution in [2.45, 2.75) is 13.0 Å². The molecule has 0 saturated carbocycles. The number of ether oxygens (including phenoxy) is 3. The van der Waals surface area contributed by atoms with E-state index in [4.69, 9.17) is 25.8 Å². The topological polar surface area (TPSA) is 86.8 Å². The van der Waals surface area contributed by atoms with E-state index in [0.29, 0.717) is 33.4 Å². The molecule has 1 amide bonds. The zero-order valence-electron chi connectivity index (χ0n) is 16.1. The van der Waals surface area contributed by atoms with Crippen molar-refractivity contribution in [2.75, 3.05) is 19.5 Å². The number of halogens is 1. The molecule has 0 spiro atoms. The van der Waals surface area contributed by atoms with Gasteiger partial charge in [0.1, 0.15) is 5.15 Å². The van der Waals surface area contributed by atoms with Crippen molar-refractivity contribution in [1.82, 2.24) is 4.98 Å². The minimum absolute atomic E-state index is 0.312. The number of aromatic nitrogens is 1. The van der Waals surface area contributed by atoms with Crippen LogP contribution in [0, 0.1) is 0 Å². The van der Waals surface area contributed by atoms with Crippen molar-refractivity contribution in [1.29, 1.82) is 0 Å². The normalized spacial score (nSPS) is 11.6. The highest BCUT2D eigenvalue weighted by Gasteiger charge is 2.20. The van der Waals surface area contributed by atoms with Crippen LogP contribution in [0.4, 0.5) is 5.69 Å². The minimum atomic E-state index is -1.00. The van der Waals surface area contributed by atoms with Gasteiger partial charge in [-0.05, 0) is 49.4 Å². The Kier molecular flexibility index (Phi) is 6.19. The number of nitrogens with zero attached hydrogens (tertiary/aromatic N) is 1. The Morgan fingerprint density at radius 2 is 1.76 bits per heavy atom. The summed E-state index contributed by atoms with van der Waals surface area (Å²) in [5.41, 5.74) is 1.46. The van der Waals surface area contributed by atoms with Crippen molar-refractivity contribution in [3.8, 4) is 11.5 Å². The number of amides is 1. The van der Waals surface area contributed by atoms with E-state index in [1.165, 1.54) is 21.1 Å². The SMILES string of the molecule is COc1ccc(NC(=O)C(C)OC(=O)c2ccc3nc(Cl)ccc3c2)cc1OC. The summed E-state index contributed by atoms with van der Waals surface area (Å²) in [6.45, 7) is 1.50. The second-order valence-corrected chi connectivity index (χ2v) is 6.54. The molecule has 0 radical (unpaired) electrons. The van der Waals surface area contributed by atoms with Gasteiger partial charge in [0, 0.05) is 17.1 Å². The summed E-state index contributed by atoms with van der Waals surface area (Å²) in [6.07, 6.45) is -1.00. The second-order valence-electron chi connectivity index (χ2n) is 6.15. The lowest BCUT2D eigenvalue weighted by Gasteiger charge is -2.15. The Hall–Kier alpha value is -3.32. The number of carbonyl (C=O) groups is 2. The van der Waals surface area contributed by atoms with Crippen LogP contribution in [0.15, 0.2) is 48.5 Å². The molecule has 1 heterocycles. The van der Waals surface area contributed by atoms with Gasteiger partial charge in [0.2, 0.25) is 0 Å². The number of benzene rings is 2. The summed E-state index contributed by atoms with van der Waals surface area (Å²) in [5.74, 6) is -0.0755. The fraction of sp³-hybridized carbons (Fsp3) is 0.190. The predicted octanol–water partition coefficient (Wildman–Crippen LogP) is 4.09. The Balaban J connectivity index is 1.67. The molecule has 8 heteroatoms. The largest absolute Gasteiger partial charge is 0.493 e. The lowest BCUT2D eigenvalue weighted by atomic mass is 10.1. The standard InChI is InChI=1S/C21H19ClN2O5/c1-12(20(25)23-15-6-8-17(27-2)18(11-15)28-3)29-21(26)14-4-7-16-13(10-14)5-9-19(22)24-16/h4-12H,1-3H3,(H,23,25). The highest BCUT2D eigenvalue weighted by atomic mass is 35.5. The van der Waals surface area contributed by atoms with Gasteiger partial charge in [-0.15, -0.1) is 0 Å². The average Bonchev–Trinajstić information content (AvgIpc) is 2.72. The molecule has 0 fully saturated rings. The number of nitrogens with one attached hydrogen (secondary N) is 1. The number of fused-ring (bicyclic) bond motifs is 1. The maximum Gasteiger partial charge on any atom is 0.338 e. The fourth-order valence-electron chi connectivity index (χ4n) is 2.67. The highest BCUT2D eigenvalue weighted by molar-refractivity contribution is 6.29.